The highest BCUT2D eigenvalue weighted by Crippen LogP contribution is 2.34. The maximum Gasteiger partial charge on any atom is 0.243 e. The highest BCUT2D eigenvalue weighted by atomic mass is 32.2. The lowest BCUT2D eigenvalue weighted by molar-refractivity contribution is -0.121. The molecule has 4 nitrogen and oxygen atoms in total. The molecule has 120 valence electrons. The summed E-state index contributed by atoms with van der Waals surface area (Å²) in [6.07, 6.45) is 0.504. The van der Waals surface area contributed by atoms with Crippen molar-refractivity contribution in [2.24, 2.45) is 0 Å². The van der Waals surface area contributed by atoms with Crippen LogP contribution < -0.4 is 0 Å². The summed E-state index contributed by atoms with van der Waals surface area (Å²) in [7, 11) is -3.62. The van der Waals surface area contributed by atoms with Gasteiger partial charge in [-0.25, -0.2) is 8.42 Å². The van der Waals surface area contributed by atoms with E-state index in [4.69, 9.17) is 0 Å². The molecule has 0 aromatic heterocycles. The fourth-order valence-electron chi connectivity index (χ4n) is 2.90. The Kier molecular flexibility index (Phi) is 4.33. The van der Waals surface area contributed by atoms with Gasteiger partial charge in [0.2, 0.25) is 10.0 Å². The van der Waals surface area contributed by atoms with Crippen molar-refractivity contribution in [3.05, 3.63) is 65.7 Å². The fraction of sp³-hybridized carbons (Fsp3) is 0.278. The number of carbonyl (C=O) groups is 1. The Bertz CT molecular complexity index is 798. The maximum atomic E-state index is 13.0. The normalized spacial score (nSPS) is 19.7. The second-order valence-electron chi connectivity index (χ2n) is 5.85. The van der Waals surface area contributed by atoms with E-state index < -0.39 is 16.1 Å². The summed E-state index contributed by atoms with van der Waals surface area (Å²) in [5.41, 5.74) is 1.87. The average Bonchev–Trinajstić information content (AvgIpc) is 2.56. The zero-order valence-corrected chi connectivity index (χ0v) is 13.8. The zero-order valence-electron chi connectivity index (χ0n) is 13.0. The molecule has 1 aliphatic rings. The minimum atomic E-state index is -3.62. The number of hydrogen-bond donors (Lipinski definition) is 0. The number of benzene rings is 2. The first-order chi connectivity index (χ1) is 11.0. The van der Waals surface area contributed by atoms with Gasteiger partial charge in [0.15, 0.2) is 0 Å². The van der Waals surface area contributed by atoms with Crippen LogP contribution in [-0.2, 0) is 14.8 Å². The lowest BCUT2D eigenvalue weighted by Gasteiger charge is -2.34. The van der Waals surface area contributed by atoms with Crippen LogP contribution in [0.25, 0.3) is 0 Å². The van der Waals surface area contributed by atoms with Crippen molar-refractivity contribution in [2.75, 3.05) is 6.54 Å². The Balaban J connectivity index is 2.01. The van der Waals surface area contributed by atoms with E-state index in [1.165, 1.54) is 4.31 Å². The van der Waals surface area contributed by atoms with Crippen molar-refractivity contribution >= 4 is 15.8 Å². The van der Waals surface area contributed by atoms with Gasteiger partial charge in [0.25, 0.3) is 0 Å². The van der Waals surface area contributed by atoms with Gasteiger partial charge in [-0.3, -0.25) is 4.79 Å². The molecule has 3 rings (SSSR count). The Morgan fingerprint density at radius 2 is 1.65 bits per heavy atom. The molecule has 0 bridgehead atoms. The first-order valence-electron chi connectivity index (χ1n) is 7.63. The third-order valence-corrected chi connectivity index (χ3v) is 6.11. The summed E-state index contributed by atoms with van der Waals surface area (Å²) in [5, 5.41) is 0. The van der Waals surface area contributed by atoms with E-state index in [0.29, 0.717) is 0 Å². The third-order valence-electron chi connectivity index (χ3n) is 4.19. The number of ketones is 1. The standard InChI is InChI=1S/C18H19NO3S/c1-14-7-9-17(10-8-14)23(21,22)19-12-11-16(20)13-18(19)15-5-3-2-4-6-15/h2-10,18H,11-13H2,1H3. The van der Waals surface area contributed by atoms with E-state index in [2.05, 4.69) is 0 Å². The quantitative estimate of drug-likeness (QED) is 0.869. The second-order valence-corrected chi connectivity index (χ2v) is 7.74. The zero-order chi connectivity index (χ0) is 16.4. The fourth-order valence-corrected chi connectivity index (χ4v) is 4.52. The Morgan fingerprint density at radius 3 is 2.30 bits per heavy atom. The molecular weight excluding hydrogens is 310 g/mol. The summed E-state index contributed by atoms with van der Waals surface area (Å²) >= 11 is 0. The lowest BCUT2D eigenvalue weighted by Crippen LogP contribution is -2.41. The molecule has 23 heavy (non-hydrogen) atoms. The molecular formula is C18H19NO3S. The summed E-state index contributed by atoms with van der Waals surface area (Å²) in [6.45, 7) is 2.15. The molecule has 0 N–H and O–H groups in total. The van der Waals surface area contributed by atoms with Crippen LogP contribution >= 0.6 is 0 Å². The first kappa shape index (κ1) is 15.9. The summed E-state index contributed by atoms with van der Waals surface area (Å²) in [4.78, 5) is 12.2. The molecule has 1 aliphatic heterocycles. The van der Waals surface area contributed by atoms with Gasteiger partial charge in [-0.05, 0) is 24.6 Å². The van der Waals surface area contributed by atoms with Crippen LogP contribution in [0, 0.1) is 6.92 Å². The Labute approximate surface area is 136 Å². The van der Waals surface area contributed by atoms with E-state index in [0.717, 1.165) is 11.1 Å². The number of piperidine rings is 1. The number of sulfonamides is 1. The molecule has 0 spiro atoms. The van der Waals surface area contributed by atoms with Crippen molar-refractivity contribution in [1.82, 2.24) is 4.31 Å². The molecule has 1 saturated heterocycles. The van der Waals surface area contributed by atoms with Crippen LogP contribution in [0.5, 0.6) is 0 Å². The first-order valence-corrected chi connectivity index (χ1v) is 9.07. The lowest BCUT2D eigenvalue weighted by atomic mass is 9.97. The van der Waals surface area contributed by atoms with Gasteiger partial charge < -0.3 is 0 Å². The van der Waals surface area contributed by atoms with Gasteiger partial charge in [0.05, 0.1) is 10.9 Å². The van der Waals surface area contributed by atoms with Gasteiger partial charge in [0, 0.05) is 19.4 Å². The van der Waals surface area contributed by atoms with Crippen LogP contribution in [-0.4, -0.2) is 25.1 Å². The molecule has 1 atom stereocenters. The molecule has 1 heterocycles. The van der Waals surface area contributed by atoms with Gasteiger partial charge in [-0.2, -0.15) is 4.31 Å². The minimum Gasteiger partial charge on any atom is -0.300 e. The molecule has 0 amide bonds. The van der Waals surface area contributed by atoms with Crippen molar-refractivity contribution in [2.45, 2.75) is 30.7 Å². The number of nitrogens with zero attached hydrogens (tertiary/aromatic N) is 1. The maximum absolute atomic E-state index is 13.0. The van der Waals surface area contributed by atoms with Gasteiger partial charge >= 0.3 is 0 Å². The van der Waals surface area contributed by atoms with Crippen LogP contribution in [0.15, 0.2) is 59.5 Å². The largest absolute Gasteiger partial charge is 0.300 e. The molecule has 2 aromatic carbocycles. The van der Waals surface area contributed by atoms with Crippen molar-refractivity contribution in [1.29, 1.82) is 0 Å². The van der Waals surface area contributed by atoms with Crippen molar-refractivity contribution in [3.8, 4) is 0 Å². The van der Waals surface area contributed by atoms with Crippen LogP contribution in [0.2, 0.25) is 0 Å². The molecule has 1 fully saturated rings. The molecule has 0 aliphatic carbocycles. The molecule has 0 saturated carbocycles. The van der Waals surface area contributed by atoms with Crippen LogP contribution in [0.1, 0.15) is 30.0 Å². The summed E-state index contributed by atoms with van der Waals surface area (Å²) in [6, 6.07) is 15.8. The minimum absolute atomic E-state index is 0.106. The second kappa shape index (κ2) is 6.26. The summed E-state index contributed by atoms with van der Waals surface area (Å²) < 4.78 is 27.5. The Hall–Kier alpha value is -1.98. The number of aryl methyl sites for hydroxylation is 1. The highest BCUT2D eigenvalue weighted by molar-refractivity contribution is 7.89. The number of Topliss-reactive ketones (excluding diaryl/α,β-unsaturated/α-hetero) is 1. The predicted molar refractivity (Wildman–Crippen MR) is 88.5 cm³/mol. The average molecular weight is 329 g/mol. The number of hydrogen-bond acceptors (Lipinski definition) is 3. The van der Waals surface area contributed by atoms with Gasteiger partial charge in [-0.15, -0.1) is 0 Å². The van der Waals surface area contributed by atoms with E-state index in [-0.39, 0.29) is 30.1 Å². The number of rotatable bonds is 3. The molecule has 2 aromatic rings. The SMILES string of the molecule is Cc1ccc(S(=O)(=O)N2CCC(=O)CC2c2ccccc2)cc1. The summed E-state index contributed by atoms with van der Waals surface area (Å²) in [5.74, 6) is 0.106. The van der Waals surface area contributed by atoms with E-state index in [9.17, 15) is 13.2 Å². The van der Waals surface area contributed by atoms with E-state index in [1.54, 1.807) is 24.3 Å². The van der Waals surface area contributed by atoms with E-state index >= 15 is 0 Å². The molecule has 0 radical (unpaired) electrons. The van der Waals surface area contributed by atoms with Crippen molar-refractivity contribution < 1.29 is 13.2 Å². The predicted octanol–water partition coefficient (Wildman–Crippen LogP) is 3.09. The van der Waals surface area contributed by atoms with Crippen molar-refractivity contribution in [3.63, 3.8) is 0 Å². The molecule has 5 heteroatoms. The smallest absolute Gasteiger partial charge is 0.243 e. The van der Waals surface area contributed by atoms with E-state index in [1.807, 2.05) is 37.3 Å². The topological polar surface area (TPSA) is 54.5 Å². The highest BCUT2D eigenvalue weighted by Gasteiger charge is 2.36. The van der Waals surface area contributed by atoms with Crippen LogP contribution in [0.4, 0.5) is 0 Å². The van der Waals surface area contributed by atoms with Gasteiger partial charge in [-0.1, -0.05) is 48.0 Å². The van der Waals surface area contributed by atoms with Gasteiger partial charge in [0.1, 0.15) is 5.78 Å². The third kappa shape index (κ3) is 3.21. The molecule has 1 unspecified atom stereocenters. The number of carbonyl (C=O) groups excluding carboxylic acids is 1. The monoisotopic (exact) mass is 329 g/mol. The Morgan fingerprint density at radius 1 is 1.00 bits per heavy atom. The van der Waals surface area contributed by atoms with Crippen LogP contribution in [0.3, 0.4) is 0 Å².